The van der Waals surface area contributed by atoms with E-state index in [-0.39, 0.29) is 11.9 Å². The average molecular weight is 352 g/mol. The van der Waals surface area contributed by atoms with Gasteiger partial charge in [0.25, 0.3) is 0 Å². The number of ether oxygens (including phenoxy) is 1. The minimum absolute atomic E-state index is 0.0671. The van der Waals surface area contributed by atoms with Crippen molar-refractivity contribution in [3.63, 3.8) is 0 Å². The van der Waals surface area contributed by atoms with Crippen LogP contribution in [0.2, 0.25) is 0 Å². The van der Waals surface area contributed by atoms with Crippen molar-refractivity contribution in [3.05, 3.63) is 63.4 Å². The van der Waals surface area contributed by atoms with Crippen molar-refractivity contribution >= 4 is 15.9 Å². The number of halogens is 2. The normalized spacial score (nSPS) is 12.2. The van der Waals surface area contributed by atoms with Crippen LogP contribution in [0.3, 0.4) is 0 Å². The first kappa shape index (κ1) is 16.0. The van der Waals surface area contributed by atoms with Gasteiger partial charge in [0.2, 0.25) is 0 Å². The lowest BCUT2D eigenvalue weighted by molar-refractivity contribution is 0.299. The molecule has 112 valence electrons. The molecule has 0 saturated heterocycles. The number of hydrogen-bond acceptors (Lipinski definition) is 2. The predicted molar refractivity (Wildman–Crippen MR) is 87.0 cm³/mol. The second kappa shape index (κ2) is 7.05. The van der Waals surface area contributed by atoms with E-state index in [4.69, 9.17) is 10.5 Å². The van der Waals surface area contributed by atoms with Crippen LogP contribution in [0.5, 0.6) is 5.75 Å². The van der Waals surface area contributed by atoms with Gasteiger partial charge in [-0.15, -0.1) is 0 Å². The summed E-state index contributed by atoms with van der Waals surface area (Å²) in [5, 5.41) is 0. The smallest absolute Gasteiger partial charge is 0.125 e. The molecule has 2 aromatic carbocycles. The fourth-order valence-corrected chi connectivity index (χ4v) is 2.79. The van der Waals surface area contributed by atoms with Gasteiger partial charge in [-0.2, -0.15) is 0 Å². The lowest BCUT2D eigenvalue weighted by Crippen LogP contribution is -2.18. The third-order valence-electron chi connectivity index (χ3n) is 3.14. The molecular weight excluding hydrogens is 333 g/mol. The van der Waals surface area contributed by atoms with Gasteiger partial charge >= 0.3 is 0 Å². The van der Waals surface area contributed by atoms with Crippen molar-refractivity contribution in [2.75, 3.05) is 0 Å². The summed E-state index contributed by atoms with van der Waals surface area (Å²) < 4.78 is 20.0. The topological polar surface area (TPSA) is 35.2 Å². The third-order valence-corrected chi connectivity index (χ3v) is 3.60. The number of nitrogens with two attached hydrogens (primary N) is 1. The van der Waals surface area contributed by atoms with E-state index in [2.05, 4.69) is 15.9 Å². The van der Waals surface area contributed by atoms with Crippen LogP contribution < -0.4 is 10.5 Å². The van der Waals surface area contributed by atoms with Gasteiger partial charge in [-0.05, 0) is 55.2 Å². The Labute approximate surface area is 133 Å². The molecule has 0 saturated carbocycles. The molecular formula is C17H19BrFNO. The summed E-state index contributed by atoms with van der Waals surface area (Å²) in [4.78, 5) is 0. The average Bonchev–Trinajstić information content (AvgIpc) is 2.36. The highest BCUT2D eigenvalue weighted by Gasteiger charge is 2.09. The second-order valence-corrected chi connectivity index (χ2v) is 6.23. The van der Waals surface area contributed by atoms with Gasteiger partial charge in [0, 0.05) is 10.5 Å². The Morgan fingerprint density at radius 1 is 1.29 bits per heavy atom. The predicted octanol–water partition coefficient (Wildman–Crippen LogP) is 4.37. The van der Waals surface area contributed by atoms with E-state index in [0.29, 0.717) is 11.1 Å². The Morgan fingerprint density at radius 3 is 2.71 bits per heavy atom. The molecule has 2 N–H and O–H groups in total. The summed E-state index contributed by atoms with van der Waals surface area (Å²) in [5.41, 5.74) is 8.81. The molecule has 2 nitrogen and oxygen atoms in total. The molecule has 0 aliphatic carbocycles. The van der Waals surface area contributed by atoms with Crippen LogP contribution in [0.4, 0.5) is 4.39 Å². The van der Waals surface area contributed by atoms with Crippen LogP contribution in [0, 0.1) is 12.7 Å². The lowest BCUT2D eigenvalue weighted by atomic mass is 10.0. The Bertz CT molecular complexity index is 608. The van der Waals surface area contributed by atoms with Gasteiger partial charge in [-0.25, -0.2) is 4.39 Å². The molecule has 1 unspecified atom stereocenters. The van der Waals surface area contributed by atoms with Gasteiger partial charge in [0.05, 0.1) is 0 Å². The van der Waals surface area contributed by atoms with Gasteiger partial charge < -0.3 is 10.5 Å². The summed E-state index contributed by atoms with van der Waals surface area (Å²) >= 11 is 3.29. The molecule has 0 fully saturated rings. The first-order valence-corrected chi connectivity index (χ1v) is 7.67. The summed E-state index contributed by atoms with van der Waals surface area (Å²) in [6, 6.07) is 10.9. The Balaban J connectivity index is 2.19. The molecule has 21 heavy (non-hydrogen) atoms. The van der Waals surface area contributed by atoms with E-state index in [1.807, 2.05) is 38.1 Å². The van der Waals surface area contributed by atoms with Crippen LogP contribution in [-0.2, 0) is 13.0 Å². The second-order valence-electron chi connectivity index (χ2n) is 5.31. The molecule has 0 bridgehead atoms. The molecule has 0 spiro atoms. The van der Waals surface area contributed by atoms with Crippen molar-refractivity contribution in [1.29, 1.82) is 0 Å². The van der Waals surface area contributed by atoms with Crippen LogP contribution in [0.1, 0.15) is 23.6 Å². The molecule has 0 heterocycles. The third kappa shape index (κ3) is 4.55. The molecule has 2 rings (SSSR count). The fourth-order valence-electron chi connectivity index (χ4n) is 2.28. The number of para-hydroxylation sites is 1. The molecule has 0 aliphatic rings. The van der Waals surface area contributed by atoms with E-state index < -0.39 is 0 Å². The summed E-state index contributed by atoms with van der Waals surface area (Å²) in [6.07, 6.45) is 0.754. The van der Waals surface area contributed by atoms with Gasteiger partial charge in [0.15, 0.2) is 0 Å². The molecule has 0 aromatic heterocycles. The Hall–Kier alpha value is -1.39. The molecule has 1 atom stereocenters. The van der Waals surface area contributed by atoms with Crippen LogP contribution in [0.25, 0.3) is 0 Å². The van der Waals surface area contributed by atoms with Crippen LogP contribution >= 0.6 is 15.9 Å². The molecule has 0 amide bonds. The van der Waals surface area contributed by atoms with E-state index in [0.717, 1.165) is 28.9 Å². The minimum atomic E-state index is -0.274. The zero-order valence-electron chi connectivity index (χ0n) is 12.2. The van der Waals surface area contributed by atoms with E-state index in [1.54, 1.807) is 0 Å². The van der Waals surface area contributed by atoms with Gasteiger partial charge in [0.1, 0.15) is 18.2 Å². The largest absolute Gasteiger partial charge is 0.488 e. The van der Waals surface area contributed by atoms with Crippen molar-refractivity contribution < 1.29 is 9.13 Å². The lowest BCUT2D eigenvalue weighted by Gasteiger charge is -2.15. The van der Waals surface area contributed by atoms with Gasteiger partial charge in [-0.1, -0.05) is 34.1 Å². The standard InChI is InChI=1S/C17H19BrFNO/c1-11-4-3-5-14(6-12(2)20)17(11)21-10-13-7-15(18)9-16(19)8-13/h3-5,7-9,12H,6,10,20H2,1-2H3. The van der Waals surface area contributed by atoms with E-state index >= 15 is 0 Å². The highest BCUT2D eigenvalue weighted by atomic mass is 79.9. The maximum atomic E-state index is 13.4. The highest BCUT2D eigenvalue weighted by Crippen LogP contribution is 2.26. The number of aryl methyl sites for hydroxylation is 1. The molecule has 0 aliphatic heterocycles. The van der Waals surface area contributed by atoms with Crippen molar-refractivity contribution in [3.8, 4) is 5.75 Å². The van der Waals surface area contributed by atoms with Crippen molar-refractivity contribution in [2.24, 2.45) is 5.73 Å². The minimum Gasteiger partial charge on any atom is -0.488 e. The SMILES string of the molecule is Cc1cccc(CC(C)N)c1OCc1cc(F)cc(Br)c1. The Kier molecular flexibility index (Phi) is 5.37. The number of rotatable bonds is 5. The van der Waals surface area contributed by atoms with Crippen LogP contribution in [0.15, 0.2) is 40.9 Å². The van der Waals surface area contributed by atoms with Gasteiger partial charge in [-0.3, -0.25) is 0 Å². The monoisotopic (exact) mass is 351 g/mol. The summed E-state index contributed by atoms with van der Waals surface area (Å²) in [5.74, 6) is 0.568. The molecule has 2 aromatic rings. The maximum absolute atomic E-state index is 13.4. The first-order chi connectivity index (χ1) is 9.95. The van der Waals surface area contributed by atoms with Crippen molar-refractivity contribution in [2.45, 2.75) is 32.9 Å². The Morgan fingerprint density at radius 2 is 2.05 bits per heavy atom. The van der Waals surface area contributed by atoms with Crippen molar-refractivity contribution in [1.82, 2.24) is 0 Å². The molecule has 0 radical (unpaired) electrons. The highest BCUT2D eigenvalue weighted by molar-refractivity contribution is 9.10. The fraction of sp³-hybridized carbons (Fsp3) is 0.294. The van der Waals surface area contributed by atoms with Crippen LogP contribution in [-0.4, -0.2) is 6.04 Å². The first-order valence-electron chi connectivity index (χ1n) is 6.87. The zero-order valence-corrected chi connectivity index (χ0v) is 13.8. The summed E-state index contributed by atoms with van der Waals surface area (Å²) in [6.45, 7) is 4.30. The quantitative estimate of drug-likeness (QED) is 0.868. The zero-order chi connectivity index (χ0) is 15.4. The van der Waals surface area contributed by atoms with E-state index in [1.165, 1.54) is 12.1 Å². The number of benzene rings is 2. The maximum Gasteiger partial charge on any atom is 0.125 e. The molecule has 4 heteroatoms. The van der Waals surface area contributed by atoms with E-state index in [9.17, 15) is 4.39 Å². The number of hydrogen-bond donors (Lipinski definition) is 1. The summed E-state index contributed by atoms with van der Waals surface area (Å²) in [7, 11) is 0.